The Morgan fingerprint density at radius 2 is 2.00 bits per heavy atom. The van der Waals surface area contributed by atoms with Gasteiger partial charge in [-0.05, 0) is 39.8 Å². The largest absolute Gasteiger partial charge is 0.489 e. The molecule has 0 aliphatic heterocycles. The van der Waals surface area contributed by atoms with Crippen LogP contribution in [0.5, 0.6) is 5.75 Å². The van der Waals surface area contributed by atoms with E-state index in [1.165, 1.54) is 0 Å². The predicted molar refractivity (Wildman–Crippen MR) is 76.2 cm³/mol. The van der Waals surface area contributed by atoms with Gasteiger partial charge in [0.25, 0.3) is 0 Å². The average molecular weight is 252 g/mol. The highest BCUT2D eigenvalue weighted by Gasteiger charge is 2.15. The Morgan fingerprint density at radius 1 is 1.33 bits per heavy atom. The number of hydrogen-bond donors (Lipinski definition) is 2. The average Bonchev–Trinajstić information content (AvgIpc) is 2.30. The molecule has 1 aromatic carbocycles. The zero-order valence-corrected chi connectivity index (χ0v) is 11.9. The molecule has 0 amide bonds. The molecule has 0 bridgehead atoms. The van der Waals surface area contributed by atoms with Gasteiger partial charge in [0.15, 0.2) is 0 Å². The monoisotopic (exact) mass is 252 g/mol. The van der Waals surface area contributed by atoms with Crippen molar-refractivity contribution < 1.29 is 9.47 Å². The summed E-state index contributed by atoms with van der Waals surface area (Å²) in [6, 6.07) is 5.70. The van der Waals surface area contributed by atoms with Crippen molar-refractivity contribution in [1.82, 2.24) is 0 Å². The fourth-order valence-corrected chi connectivity index (χ4v) is 1.39. The van der Waals surface area contributed by atoms with E-state index in [1.807, 2.05) is 45.9 Å². The van der Waals surface area contributed by atoms with Crippen LogP contribution in [0.3, 0.4) is 0 Å². The van der Waals surface area contributed by atoms with Crippen LogP contribution in [0.2, 0.25) is 0 Å². The van der Waals surface area contributed by atoms with Crippen LogP contribution >= 0.6 is 0 Å². The predicted octanol–water partition coefficient (Wildman–Crippen LogP) is 2.89. The summed E-state index contributed by atoms with van der Waals surface area (Å²) in [5, 5.41) is 3.32. The summed E-state index contributed by atoms with van der Waals surface area (Å²) in [6.07, 6.45) is 0.109. The van der Waals surface area contributed by atoms with Crippen LogP contribution in [-0.4, -0.2) is 25.4 Å². The summed E-state index contributed by atoms with van der Waals surface area (Å²) in [5.74, 6) is 0.713. The molecule has 0 unspecified atom stereocenters. The second-order valence-corrected chi connectivity index (χ2v) is 5.24. The first-order valence-corrected chi connectivity index (χ1v) is 6.19. The Hall–Kier alpha value is -1.42. The van der Waals surface area contributed by atoms with Gasteiger partial charge in [-0.25, -0.2) is 0 Å². The lowest BCUT2D eigenvalue weighted by atomic mass is 10.1. The molecule has 0 fully saturated rings. The molecular weight excluding hydrogens is 228 g/mol. The molecule has 0 aliphatic rings. The zero-order chi connectivity index (χ0) is 13.8. The SMILES string of the molecule is COC(C)(C)CNc1ccc(N)c(OC(C)C)c1. The van der Waals surface area contributed by atoms with E-state index in [2.05, 4.69) is 5.32 Å². The topological polar surface area (TPSA) is 56.5 Å². The molecule has 4 heteroatoms. The van der Waals surface area contributed by atoms with Gasteiger partial charge in [-0.15, -0.1) is 0 Å². The van der Waals surface area contributed by atoms with Gasteiger partial charge < -0.3 is 20.5 Å². The van der Waals surface area contributed by atoms with Crippen molar-refractivity contribution in [3.63, 3.8) is 0 Å². The molecule has 0 atom stereocenters. The van der Waals surface area contributed by atoms with Crippen molar-refractivity contribution in [3.8, 4) is 5.75 Å². The number of hydrogen-bond acceptors (Lipinski definition) is 4. The number of nitrogens with two attached hydrogens (primary N) is 1. The summed E-state index contributed by atoms with van der Waals surface area (Å²) < 4.78 is 11.0. The fraction of sp³-hybridized carbons (Fsp3) is 0.571. The minimum Gasteiger partial charge on any atom is -0.489 e. The van der Waals surface area contributed by atoms with E-state index in [1.54, 1.807) is 7.11 Å². The Morgan fingerprint density at radius 3 is 2.56 bits per heavy atom. The Labute approximate surface area is 109 Å². The van der Waals surface area contributed by atoms with Crippen molar-refractivity contribution in [2.75, 3.05) is 24.7 Å². The molecule has 1 rings (SSSR count). The van der Waals surface area contributed by atoms with Gasteiger partial charge in [0, 0.05) is 25.4 Å². The first-order chi connectivity index (χ1) is 8.34. The van der Waals surface area contributed by atoms with E-state index in [0.717, 1.165) is 5.69 Å². The van der Waals surface area contributed by atoms with Crippen LogP contribution in [0.1, 0.15) is 27.7 Å². The first kappa shape index (κ1) is 14.6. The number of anilines is 2. The molecule has 0 saturated heterocycles. The van der Waals surface area contributed by atoms with E-state index >= 15 is 0 Å². The highest BCUT2D eigenvalue weighted by atomic mass is 16.5. The van der Waals surface area contributed by atoms with Gasteiger partial charge in [0.2, 0.25) is 0 Å². The van der Waals surface area contributed by atoms with E-state index < -0.39 is 0 Å². The summed E-state index contributed by atoms with van der Waals surface area (Å²) >= 11 is 0. The quantitative estimate of drug-likeness (QED) is 0.764. The number of rotatable bonds is 6. The van der Waals surface area contributed by atoms with Crippen molar-refractivity contribution in [2.24, 2.45) is 0 Å². The Balaban J connectivity index is 2.73. The molecule has 0 heterocycles. The third-order valence-corrected chi connectivity index (χ3v) is 2.65. The van der Waals surface area contributed by atoms with Gasteiger partial charge >= 0.3 is 0 Å². The number of benzene rings is 1. The van der Waals surface area contributed by atoms with E-state index in [9.17, 15) is 0 Å². The third-order valence-electron chi connectivity index (χ3n) is 2.65. The molecular formula is C14H24N2O2. The molecule has 102 valence electrons. The molecule has 0 spiro atoms. The summed E-state index contributed by atoms with van der Waals surface area (Å²) in [4.78, 5) is 0. The van der Waals surface area contributed by atoms with Crippen LogP contribution in [0.25, 0.3) is 0 Å². The van der Waals surface area contributed by atoms with E-state index in [0.29, 0.717) is 18.0 Å². The second kappa shape index (κ2) is 5.96. The highest BCUT2D eigenvalue weighted by Crippen LogP contribution is 2.26. The second-order valence-electron chi connectivity index (χ2n) is 5.24. The Kier molecular flexibility index (Phi) is 4.84. The fourth-order valence-electron chi connectivity index (χ4n) is 1.39. The van der Waals surface area contributed by atoms with E-state index in [4.69, 9.17) is 15.2 Å². The number of nitrogen functional groups attached to an aromatic ring is 1. The van der Waals surface area contributed by atoms with Gasteiger partial charge in [-0.1, -0.05) is 0 Å². The molecule has 4 nitrogen and oxygen atoms in total. The number of ether oxygens (including phenoxy) is 2. The maximum Gasteiger partial charge on any atom is 0.144 e. The minimum absolute atomic E-state index is 0.109. The van der Waals surface area contributed by atoms with Crippen LogP contribution in [-0.2, 0) is 4.74 Å². The van der Waals surface area contributed by atoms with Crippen LogP contribution in [0, 0.1) is 0 Å². The third kappa shape index (κ3) is 4.45. The van der Waals surface area contributed by atoms with Gasteiger partial charge in [0.1, 0.15) is 5.75 Å². The summed E-state index contributed by atoms with van der Waals surface area (Å²) in [5.41, 5.74) is 7.29. The lowest BCUT2D eigenvalue weighted by Gasteiger charge is -2.24. The normalized spacial score (nSPS) is 11.7. The van der Waals surface area contributed by atoms with Gasteiger partial charge in [-0.2, -0.15) is 0 Å². The smallest absolute Gasteiger partial charge is 0.144 e. The van der Waals surface area contributed by atoms with E-state index in [-0.39, 0.29) is 11.7 Å². The minimum atomic E-state index is -0.208. The summed E-state index contributed by atoms with van der Waals surface area (Å²) in [6.45, 7) is 8.74. The van der Waals surface area contributed by atoms with Crippen molar-refractivity contribution in [3.05, 3.63) is 18.2 Å². The molecule has 0 radical (unpaired) electrons. The van der Waals surface area contributed by atoms with Crippen LogP contribution in [0.4, 0.5) is 11.4 Å². The zero-order valence-electron chi connectivity index (χ0n) is 11.9. The number of methoxy groups -OCH3 is 1. The molecule has 0 saturated carbocycles. The number of nitrogens with one attached hydrogen (secondary N) is 1. The first-order valence-electron chi connectivity index (χ1n) is 6.19. The molecule has 0 aromatic heterocycles. The molecule has 0 aliphatic carbocycles. The maximum absolute atomic E-state index is 5.87. The van der Waals surface area contributed by atoms with Crippen molar-refractivity contribution in [1.29, 1.82) is 0 Å². The van der Waals surface area contributed by atoms with Gasteiger partial charge in [0.05, 0.1) is 17.4 Å². The lowest BCUT2D eigenvalue weighted by molar-refractivity contribution is 0.0344. The van der Waals surface area contributed by atoms with Gasteiger partial charge in [-0.3, -0.25) is 0 Å². The molecule has 1 aromatic rings. The maximum atomic E-state index is 5.87. The van der Waals surface area contributed by atoms with Crippen LogP contribution in [0.15, 0.2) is 18.2 Å². The molecule has 18 heavy (non-hydrogen) atoms. The Bertz CT molecular complexity index is 389. The standard InChI is InChI=1S/C14H24N2O2/c1-10(2)18-13-8-11(6-7-12(13)15)16-9-14(3,4)17-5/h6-8,10,16H,9,15H2,1-5H3. The lowest BCUT2D eigenvalue weighted by Crippen LogP contribution is -2.32. The van der Waals surface area contributed by atoms with Crippen molar-refractivity contribution in [2.45, 2.75) is 39.4 Å². The van der Waals surface area contributed by atoms with Crippen molar-refractivity contribution >= 4 is 11.4 Å². The summed E-state index contributed by atoms with van der Waals surface area (Å²) in [7, 11) is 1.71. The van der Waals surface area contributed by atoms with Crippen LogP contribution < -0.4 is 15.8 Å². The molecule has 3 N–H and O–H groups in total. The highest BCUT2D eigenvalue weighted by molar-refractivity contribution is 5.61.